The third kappa shape index (κ3) is 4.74. The monoisotopic (exact) mass is 568 g/mol. The Morgan fingerprint density at radius 3 is 2.75 bits per heavy atom. The summed E-state index contributed by atoms with van der Waals surface area (Å²) in [6.07, 6.45) is 1.94. The molecule has 11 heteroatoms. The summed E-state index contributed by atoms with van der Waals surface area (Å²) < 4.78 is 13.1. The molecule has 0 radical (unpaired) electrons. The Bertz CT molecular complexity index is 1120. The molecule has 1 fully saturated rings. The molecule has 3 aromatic rings. The van der Waals surface area contributed by atoms with Crippen LogP contribution in [0.5, 0.6) is 5.88 Å². The Morgan fingerprint density at radius 2 is 2.06 bits per heavy atom. The van der Waals surface area contributed by atoms with Crippen molar-refractivity contribution < 1.29 is 14.3 Å². The van der Waals surface area contributed by atoms with Gasteiger partial charge in [-0.25, -0.2) is 0 Å². The highest BCUT2D eigenvalue weighted by Gasteiger charge is 2.21. The molecule has 4 rings (SSSR count). The van der Waals surface area contributed by atoms with E-state index in [9.17, 15) is 4.79 Å². The number of ether oxygens (including phenoxy) is 2. The van der Waals surface area contributed by atoms with Crippen LogP contribution in [0.1, 0.15) is 17.3 Å². The van der Waals surface area contributed by atoms with Crippen molar-refractivity contribution in [1.29, 1.82) is 0 Å². The quantitative estimate of drug-likeness (QED) is 0.429. The topological polar surface area (TPSA) is 84.8 Å². The molecule has 0 atom stereocenters. The van der Waals surface area contributed by atoms with Gasteiger partial charge in [-0.3, -0.25) is 8.77 Å². The molecule has 1 amide bonds. The Labute approximate surface area is 203 Å². The fraction of sp³-hybridized carbons (Fsp3) is 0.381. The first kappa shape index (κ1) is 22.9. The molecule has 0 unspecified atom stereocenters. The fourth-order valence-electron chi connectivity index (χ4n) is 3.53. The Balaban J connectivity index is 1.67. The summed E-state index contributed by atoms with van der Waals surface area (Å²) in [7, 11) is 5.41. The molecule has 32 heavy (non-hydrogen) atoms. The largest absolute Gasteiger partial charge is 0.477 e. The Morgan fingerprint density at radius 1 is 1.28 bits per heavy atom. The summed E-state index contributed by atoms with van der Waals surface area (Å²) in [4.78, 5) is 26.0. The molecule has 1 aliphatic rings. The molecule has 3 heterocycles. The first-order chi connectivity index (χ1) is 15.5. The van der Waals surface area contributed by atoms with Crippen molar-refractivity contribution in [2.75, 3.05) is 57.2 Å². The van der Waals surface area contributed by atoms with Gasteiger partial charge in [-0.15, -0.1) is 0 Å². The lowest BCUT2D eigenvalue weighted by Gasteiger charge is -2.27. The van der Waals surface area contributed by atoms with Gasteiger partial charge in [0.1, 0.15) is 0 Å². The first-order valence-electron chi connectivity index (χ1n) is 10.3. The van der Waals surface area contributed by atoms with E-state index in [4.69, 9.17) is 14.5 Å². The normalized spacial score (nSPS) is 13.9. The molecule has 1 aliphatic heterocycles. The van der Waals surface area contributed by atoms with E-state index < -0.39 is 0 Å². The van der Waals surface area contributed by atoms with Gasteiger partial charge in [-0.05, 0) is 31.2 Å². The molecule has 1 aromatic carbocycles. The lowest BCUT2D eigenvalue weighted by Crippen LogP contribution is -2.40. The molecule has 9 nitrogen and oxygen atoms in total. The van der Waals surface area contributed by atoms with Crippen molar-refractivity contribution in [2.24, 2.45) is 0 Å². The minimum absolute atomic E-state index is 0.0103. The molecule has 1 saturated heterocycles. The molecule has 170 valence electrons. The minimum atomic E-state index is 0.0103. The van der Waals surface area contributed by atoms with Crippen LogP contribution in [0.3, 0.4) is 0 Å². The Hall–Kier alpha value is -2.25. The number of carbonyl (C=O) groups is 1. The van der Waals surface area contributed by atoms with E-state index in [0.29, 0.717) is 50.3 Å². The number of aromatic nitrogens is 3. The van der Waals surface area contributed by atoms with Crippen LogP contribution in [0.15, 0.2) is 30.5 Å². The van der Waals surface area contributed by atoms with Crippen LogP contribution in [0, 0.1) is 0 Å². The van der Waals surface area contributed by atoms with Gasteiger partial charge in [0.2, 0.25) is 11.8 Å². The van der Waals surface area contributed by atoms with Crippen molar-refractivity contribution in [3.8, 4) is 5.88 Å². The smallest absolute Gasteiger partial charge is 0.254 e. The highest BCUT2D eigenvalue weighted by Crippen LogP contribution is 2.33. The number of nitrogens with zero attached hydrogens (tertiary/aromatic N) is 5. The number of benzene rings is 1. The van der Waals surface area contributed by atoms with Crippen molar-refractivity contribution in [1.82, 2.24) is 18.8 Å². The number of anilines is 3. The van der Waals surface area contributed by atoms with Crippen molar-refractivity contribution in [3.63, 3.8) is 0 Å². The number of halogens is 1. The van der Waals surface area contributed by atoms with Gasteiger partial charge in [0.25, 0.3) is 5.91 Å². The maximum absolute atomic E-state index is 12.9. The number of nitrogens with one attached hydrogen (secondary N) is 1. The van der Waals surface area contributed by atoms with E-state index >= 15 is 0 Å². The predicted molar refractivity (Wildman–Crippen MR) is 136 cm³/mol. The number of morpholine rings is 1. The van der Waals surface area contributed by atoms with Crippen LogP contribution in [-0.4, -0.2) is 71.8 Å². The first-order valence-corrected chi connectivity index (χ1v) is 13.6. The summed E-state index contributed by atoms with van der Waals surface area (Å²) in [6, 6.07) is 7.57. The molecule has 1 N–H and O–H groups in total. The zero-order valence-electron chi connectivity index (χ0n) is 18.2. The van der Waals surface area contributed by atoms with Gasteiger partial charge in [-0.2, -0.15) is 9.97 Å². The Kier molecular flexibility index (Phi) is 7.26. The average molecular weight is 568 g/mol. The van der Waals surface area contributed by atoms with E-state index in [1.54, 1.807) is 0 Å². The number of rotatable bonds is 7. The molecule has 0 bridgehead atoms. The molecular formula is C21H25IN6O3S. The number of hydrogen-bond acceptors (Lipinski definition) is 8. The van der Waals surface area contributed by atoms with Crippen LogP contribution >= 0.6 is 30.3 Å². The SMILES string of the molecule is CCOc1nc(Nc2ccc(C(=O)N3CCOCC3)cc2N(C)C)nc2c1ccn2SI. The average Bonchev–Trinajstić information content (AvgIpc) is 3.23. The van der Waals surface area contributed by atoms with Gasteiger partial charge in [0.05, 0.1) is 36.6 Å². The number of amides is 1. The molecule has 0 spiro atoms. The summed E-state index contributed by atoms with van der Waals surface area (Å²) in [5.41, 5.74) is 3.08. The predicted octanol–water partition coefficient (Wildman–Crippen LogP) is 3.96. The number of fused-ring (bicyclic) bond motifs is 1. The van der Waals surface area contributed by atoms with Gasteiger partial charge in [0, 0.05) is 69.3 Å². The van der Waals surface area contributed by atoms with Crippen LogP contribution in [0.25, 0.3) is 11.0 Å². The highest BCUT2D eigenvalue weighted by atomic mass is 127. The lowest BCUT2D eigenvalue weighted by molar-refractivity contribution is 0.0303. The summed E-state index contributed by atoms with van der Waals surface area (Å²) in [5, 5.41) is 4.18. The summed E-state index contributed by atoms with van der Waals surface area (Å²) in [5.74, 6) is 0.979. The number of carbonyl (C=O) groups excluding carboxylic acids is 1. The summed E-state index contributed by atoms with van der Waals surface area (Å²) in [6.45, 7) is 4.81. The third-order valence-electron chi connectivity index (χ3n) is 5.10. The van der Waals surface area contributed by atoms with Gasteiger partial charge in [0.15, 0.2) is 5.65 Å². The fourth-order valence-corrected chi connectivity index (χ4v) is 4.80. The number of hydrogen-bond donors (Lipinski definition) is 1. The van der Waals surface area contributed by atoms with Crippen LogP contribution in [-0.2, 0) is 4.74 Å². The molecular weight excluding hydrogens is 543 g/mol. The molecule has 0 saturated carbocycles. The van der Waals surface area contributed by atoms with Crippen LogP contribution in [0.4, 0.5) is 17.3 Å². The van der Waals surface area contributed by atoms with Gasteiger partial charge < -0.3 is 24.6 Å². The van der Waals surface area contributed by atoms with E-state index in [1.807, 2.05) is 65.3 Å². The maximum atomic E-state index is 12.9. The minimum Gasteiger partial charge on any atom is -0.477 e. The second-order valence-electron chi connectivity index (χ2n) is 7.39. The van der Waals surface area contributed by atoms with Crippen molar-refractivity contribution >= 4 is 64.6 Å². The van der Waals surface area contributed by atoms with E-state index in [2.05, 4.69) is 31.5 Å². The molecule has 0 aliphatic carbocycles. The highest BCUT2D eigenvalue weighted by molar-refractivity contribution is 14.2. The maximum Gasteiger partial charge on any atom is 0.254 e. The summed E-state index contributed by atoms with van der Waals surface area (Å²) >= 11 is 2.22. The van der Waals surface area contributed by atoms with Crippen LogP contribution < -0.4 is 15.0 Å². The van der Waals surface area contributed by atoms with Crippen LogP contribution in [0.2, 0.25) is 0 Å². The van der Waals surface area contributed by atoms with Gasteiger partial charge in [-0.1, -0.05) is 0 Å². The zero-order valence-corrected chi connectivity index (χ0v) is 21.1. The standard InChI is InChI=1S/C21H25IN6O3S/c1-4-31-19-15-7-8-28(32-22)18(15)24-21(25-19)23-16-6-5-14(13-17(16)26(2)3)20(29)27-9-11-30-12-10-27/h5-8,13H,4,9-12H2,1-3H3,(H,23,24,25). The van der Waals surface area contributed by atoms with E-state index in [1.165, 1.54) is 9.12 Å². The second kappa shape index (κ2) is 10.1. The zero-order chi connectivity index (χ0) is 22.7. The second-order valence-corrected chi connectivity index (χ2v) is 9.10. The third-order valence-corrected chi connectivity index (χ3v) is 6.82. The van der Waals surface area contributed by atoms with E-state index in [0.717, 1.165) is 22.4 Å². The van der Waals surface area contributed by atoms with E-state index in [-0.39, 0.29) is 5.91 Å². The van der Waals surface area contributed by atoms with Crippen molar-refractivity contribution in [2.45, 2.75) is 6.92 Å². The molecule has 2 aromatic heterocycles. The lowest BCUT2D eigenvalue weighted by atomic mass is 10.1. The van der Waals surface area contributed by atoms with Crippen molar-refractivity contribution in [3.05, 3.63) is 36.0 Å². The van der Waals surface area contributed by atoms with Gasteiger partial charge >= 0.3 is 0 Å².